The molecule has 1 aromatic carbocycles. The zero-order chi connectivity index (χ0) is 15.1. The Bertz CT molecular complexity index is 441. The highest BCUT2D eigenvalue weighted by atomic mass is 16.5. The fourth-order valence-corrected chi connectivity index (χ4v) is 1.96. The van der Waals surface area contributed by atoms with E-state index in [1.54, 1.807) is 0 Å². The summed E-state index contributed by atoms with van der Waals surface area (Å²) in [7, 11) is 0. The van der Waals surface area contributed by atoms with E-state index in [0.29, 0.717) is 12.6 Å². The third-order valence-corrected chi connectivity index (χ3v) is 3.62. The van der Waals surface area contributed by atoms with Gasteiger partial charge in [-0.1, -0.05) is 25.5 Å². The zero-order valence-electron chi connectivity index (χ0n) is 13.0. The number of hydrogen-bond donors (Lipinski definition) is 2. The van der Waals surface area contributed by atoms with Gasteiger partial charge in [0.2, 0.25) is 5.91 Å². The van der Waals surface area contributed by atoms with E-state index in [0.717, 1.165) is 43.6 Å². The minimum Gasteiger partial charge on any atom is -0.494 e. The second-order valence-electron chi connectivity index (χ2n) is 5.73. The van der Waals surface area contributed by atoms with Crippen molar-refractivity contribution in [2.45, 2.75) is 58.2 Å². The summed E-state index contributed by atoms with van der Waals surface area (Å²) in [6.45, 7) is 5.51. The fraction of sp³-hybridized carbons (Fsp3) is 0.588. The number of carbonyl (C=O) groups excluding carboxylic acids is 1. The molecule has 0 aromatic heterocycles. The molecule has 4 heteroatoms. The molecule has 1 unspecified atom stereocenters. The smallest absolute Gasteiger partial charge is 0.237 e. The van der Waals surface area contributed by atoms with E-state index in [4.69, 9.17) is 4.74 Å². The number of benzene rings is 1. The lowest BCUT2D eigenvalue weighted by Crippen LogP contribution is -2.42. The highest BCUT2D eigenvalue weighted by Crippen LogP contribution is 2.18. The first-order valence-corrected chi connectivity index (χ1v) is 7.94. The predicted molar refractivity (Wildman–Crippen MR) is 84.3 cm³/mol. The summed E-state index contributed by atoms with van der Waals surface area (Å²) < 4.78 is 5.63. The number of ether oxygens (including phenoxy) is 1. The quantitative estimate of drug-likeness (QED) is 0.687. The van der Waals surface area contributed by atoms with Gasteiger partial charge in [0.1, 0.15) is 5.75 Å². The van der Waals surface area contributed by atoms with Crippen LogP contribution in [0.5, 0.6) is 5.75 Å². The number of nitrogens with one attached hydrogen (secondary N) is 2. The van der Waals surface area contributed by atoms with E-state index >= 15 is 0 Å². The van der Waals surface area contributed by atoms with Crippen LogP contribution in [0.2, 0.25) is 0 Å². The van der Waals surface area contributed by atoms with Gasteiger partial charge in [0.15, 0.2) is 0 Å². The van der Waals surface area contributed by atoms with E-state index in [1.165, 1.54) is 0 Å². The molecule has 1 saturated carbocycles. The van der Waals surface area contributed by atoms with Gasteiger partial charge >= 0.3 is 0 Å². The number of amides is 1. The second-order valence-corrected chi connectivity index (χ2v) is 5.73. The van der Waals surface area contributed by atoms with Crippen LogP contribution in [-0.2, 0) is 11.3 Å². The first-order chi connectivity index (χ1) is 10.2. The van der Waals surface area contributed by atoms with Gasteiger partial charge in [-0.15, -0.1) is 0 Å². The summed E-state index contributed by atoms with van der Waals surface area (Å²) in [5.74, 6) is 1.00. The van der Waals surface area contributed by atoms with E-state index in [9.17, 15) is 4.79 Å². The second kappa shape index (κ2) is 8.03. The number of unbranched alkanes of at least 4 members (excludes halogenated alkanes) is 1. The van der Waals surface area contributed by atoms with E-state index in [2.05, 4.69) is 17.6 Å². The largest absolute Gasteiger partial charge is 0.494 e. The molecule has 116 valence electrons. The topological polar surface area (TPSA) is 50.4 Å². The van der Waals surface area contributed by atoms with Gasteiger partial charge in [-0.25, -0.2) is 0 Å². The summed E-state index contributed by atoms with van der Waals surface area (Å²) in [4.78, 5) is 11.8. The van der Waals surface area contributed by atoms with E-state index in [-0.39, 0.29) is 11.9 Å². The van der Waals surface area contributed by atoms with Crippen molar-refractivity contribution in [2.24, 2.45) is 0 Å². The van der Waals surface area contributed by atoms with Gasteiger partial charge < -0.3 is 15.4 Å². The average Bonchev–Trinajstić information content (AvgIpc) is 3.30. The highest BCUT2D eigenvalue weighted by molar-refractivity contribution is 5.81. The van der Waals surface area contributed by atoms with Crippen LogP contribution in [0.4, 0.5) is 0 Å². The van der Waals surface area contributed by atoms with Gasteiger partial charge in [-0.3, -0.25) is 4.79 Å². The molecule has 2 rings (SSSR count). The summed E-state index contributed by atoms with van der Waals surface area (Å²) in [6, 6.07) is 8.32. The number of carbonyl (C=O) groups is 1. The van der Waals surface area contributed by atoms with E-state index in [1.807, 2.05) is 31.2 Å². The minimum absolute atomic E-state index is 0.0945. The lowest BCUT2D eigenvalue weighted by Gasteiger charge is -2.14. The molecule has 0 aliphatic heterocycles. The average molecular weight is 290 g/mol. The van der Waals surface area contributed by atoms with Crippen LogP contribution in [0.15, 0.2) is 24.3 Å². The molecule has 2 N–H and O–H groups in total. The molecular weight excluding hydrogens is 264 g/mol. The standard InChI is InChI=1S/C17H26N2O2/c1-3-4-11-21-16-9-5-14(6-10-16)12-18-13(2)17(20)19-15-7-8-15/h5-6,9-10,13,15,18H,3-4,7-8,11-12H2,1-2H3,(H,19,20). The molecular formula is C17H26N2O2. The van der Waals surface area contributed by atoms with Crippen molar-refractivity contribution in [1.29, 1.82) is 0 Å². The Morgan fingerprint density at radius 3 is 2.67 bits per heavy atom. The first kappa shape index (κ1) is 15.8. The molecule has 1 amide bonds. The summed E-state index contributed by atoms with van der Waals surface area (Å²) >= 11 is 0. The molecule has 0 saturated heterocycles. The Kier molecular flexibility index (Phi) is 6.05. The SMILES string of the molecule is CCCCOc1ccc(CNC(C)C(=O)NC2CC2)cc1. The Balaban J connectivity index is 1.70. The molecule has 1 aliphatic rings. The third kappa shape index (κ3) is 5.76. The van der Waals surface area contributed by atoms with Crippen molar-refractivity contribution in [2.75, 3.05) is 6.61 Å². The lowest BCUT2D eigenvalue weighted by atomic mass is 10.2. The van der Waals surface area contributed by atoms with Crippen LogP contribution in [0, 0.1) is 0 Å². The molecule has 0 bridgehead atoms. The van der Waals surface area contributed by atoms with Gasteiger partial charge in [-0.05, 0) is 43.9 Å². The minimum atomic E-state index is -0.161. The van der Waals surface area contributed by atoms with Crippen molar-refractivity contribution < 1.29 is 9.53 Å². The van der Waals surface area contributed by atoms with Crippen LogP contribution in [0.3, 0.4) is 0 Å². The van der Waals surface area contributed by atoms with Gasteiger partial charge in [0, 0.05) is 12.6 Å². The van der Waals surface area contributed by atoms with Crippen molar-refractivity contribution in [3.63, 3.8) is 0 Å². The molecule has 0 heterocycles. The Morgan fingerprint density at radius 1 is 1.33 bits per heavy atom. The van der Waals surface area contributed by atoms with Gasteiger partial charge in [0.25, 0.3) is 0 Å². The normalized spacial score (nSPS) is 15.5. The van der Waals surface area contributed by atoms with Crippen molar-refractivity contribution in [1.82, 2.24) is 10.6 Å². The lowest BCUT2D eigenvalue weighted by molar-refractivity contribution is -0.122. The molecule has 4 nitrogen and oxygen atoms in total. The Morgan fingerprint density at radius 2 is 2.05 bits per heavy atom. The fourth-order valence-electron chi connectivity index (χ4n) is 1.96. The Hall–Kier alpha value is -1.55. The summed E-state index contributed by atoms with van der Waals surface area (Å²) in [5.41, 5.74) is 1.16. The molecule has 1 fully saturated rings. The maximum Gasteiger partial charge on any atom is 0.237 e. The summed E-state index contributed by atoms with van der Waals surface area (Å²) in [5, 5.41) is 6.26. The third-order valence-electron chi connectivity index (χ3n) is 3.62. The maximum absolute atomic E-state index is 11.8. The first-order valence-electron chi connectivity index (χ1n) is 7.94. The van der Waals surface area contributed by atoms with Crippen molar-refractivity contribution in [3.8, 4) is 5.75 Å². The number of hydrogen-bond acceptors (Lipinski definition) is 3. The van der Waals surface area contributed by atoms with E-state index < -0.39 is 0 Å². The molecule has 0 radical (unpaired) electrons. The summed E-state index contributed by atoms with van der Waals surface area (Å²) in [6.07, 6.45) is 4.47. The van der Waals surface area contributed by atoms with Gasteiger partial charge in [0.05, 0.1) is 12.6 Å². The van der Waals surface area contributed by atoms with Crippen LogP contribution in [-0.4, -0.2) is 24.6 Å². The molecule has 1 aromatic rings. The highest BCUT2D eigenvalue weighted by Gasteiger charge is 2.25. The number of rotatable bonds is 9. The zero-order valence-corrected chi connectivity index (χ0v) is 13.0. The Labute approximate surface area is 127 Å². The van der Waals surface area contributed by atoms with Gasteiger partial charge in [-0.2, -0.15) is 0 Å². The monoisotopic (exact) mass is 290 g/mol. The molecule has 1 aliphatic carbocycles. The predicted octanol–water partition coefficient (Wildman–Crippen LogP) is 2.62. The molecule has 21 heavy (non-hydrogen) atoms. The van der Waals surface area contributed by atoms with Crippen molar-refractivity contribution >= 4 is 5.91 Å². The van der Waals surface area contributed by atoms with Crippen LogP contribution in [0.25, 0.3) is 0 Å². The van der Waals surface area contributed by atoms with Crippen LogP contribution < -0.4 is 15.4 Å². The van der Waals surface area contributed by atoms with Crippen LogP contribution in [0.1, 0.15) is 45.1 Å². The molecule has 0 spiro atoms. The maximum atomic E-state index is 11.8. The van der Waals surface area contributed by atoms with Crippen molar-refractivity contribution in [3.05, 3.63) is 29.8 Å². The van der Waals surface area contributed by atoms with Crippen LogP contribution >= 0.6 is 0 Å². The molecule has 1 atom stereocenters.